The molecule has 0 saturated carbocycles. The maximum atomic E-state index is 3.47. The maximum Gasteiger partial charge on any atom is 0.00174 e. The first-order valence-corrected chi connectivity index (χ1v) is 6.45. The quantitative estimate of drug-likeness (QED) is 0.715. The Morgan fingerprint density at radius 1 is 1.00 bits per heavy atom. The normalized spacial score (nSPS) is 13.1. The van der Waals surface area contributed by atoms with Crippen molar-refractivity contribution in [3.63, 3.8) is 0 Å². The fourth-order valence-electron chi connectivity index (χ4n) is 1.82. The Labute approximate surface area is 100 Å². The summed E-state index contributed by atoms with van der Waals surface area (Å²) >= 11 is 0. The largest absolute Gasteiger partial charge is 0.316 e. The van der Waals surface area contributed by atoms with Gasteiger partial charge in [0.1, 0.15) is 0 Å². The van der Waals surface area contributed by atoms with Crippen LogP contribution < -0.4 is 5.32 Å². The van der Waals surface area contributed by atoms with Gasteiger partial charge in [0.2, 0.25) is 0 Å². The van der Waals surface area contributed by atoms with E-state index in [1.807, 2.05) is 0 Å². The summed E-state index contributed by atoms with van der Waals surface area (Å²) in [5, 5.41) is 3.47. The first-order valence-electron chi connectivity index (χ1n) is 6.45. The lowest BCUT2D eigenvalue weighted by atomic mass is 9.96. The van der Waals surface area contributed by atoms with E-state index in [4.69, 9.17) is 0 Å². The summed E-state index contributed by atoms with van der Waals surface area (Å²) in [7, 11) is 0. The molecular formula is C15H25N. The van der Waals surface area contributed by atoms with E-state index in [2.05, 4.69) is 57.3 Å². The van der Waals surface area contributed by atoms with Crippen LogP contribution in [0.4, 0.5) is 0 Å². The fourth-order valence-corrected chi connectivity index (χ4v) is 1.82. The Hall–Kier alpha value is -0.820. The molecule has 1 aromatic rings. The van der Waals surface area contributed by atoms with Crippen molar-refractivity contribution in [2.24, 2.45) is 0 Å². The molecule has 1 nitrogen and oxygen atoms in total. The Morgan fingerprint density at radius 3 is 2.06 bits per heavy atom. The van der Waals surface area contributed by atoms with Crippen LogP contribution in [-0.4, -0.2) is 13.1 Å². The van der Waals surface area contributed by atoms with E-state index in [1.165, 1.54) is 17.5 Å². The average molecular weight is 219 g/mol. The first-order chi connectivity index (χ1) is 7.65. The standard InChI is InChI=1S/C15H25N/c1-5-10-16-11-13(4)15-8-6-14(7-9-15)12(2)3/h6-9,12-13,16H,5,10-11H2,1-4H3. The highest BCUT2D eigenvalue weighted by atomic mass is 14.8. The van der Waals surface area contributed by atoms with Crippen LogP contribution in [0.2, 0.25) is 0 Å². The predicted octanol–water partition coefficient (Wildman–Crippen LogP) is 3.91. The molecule has 1 unspecified atom stereocenters. The Bertz CT molecular complexity index is 287. The van der Waals surface area contributed by atoms with Gasteiger partial charge in [0, 0.05) is 6.54 Å². The van der Waals surface area contributed by atoms with Gasteiger partial charge in [-0.3, -0.25) is 0 Å². The molecule has 0 spiro atoms. The van der Waals surface area contributed by atoms with Crippen LogP contribution in [0.1, 0.15) is 57.1 Å². The van der Waals surface area contributed by atoms with Gasteiger partial charge in [0.25, 0.3) is 0 Å². The molecule has 0 aliphatic carbocycles. The third-order valence-corrected chi connectivity index (χ3v) is 3.05. The Balaban J connectivity index is 2.52. The van der Waals surface area contributed by atoms with Crippen LogP contribution in [0, 0.1) is 0 Å². The SMILES string of the molecule is CCCNCC(C)c1ccc(C(C)C)cc1. The maximum absolute atomic E-state index is 3.47. The van der Waals surface area contributed by atoms with Gasteiger partial charge in [-0.2, -0.15) is 0 Å². The molecule has 1 aromatic carbocycles. The molecule has 16 heavy (non-hydrogen) atoms. The predicted molar refractivity (Wildman–Crippen MR) is 72.1 cm³/mol. The Morgan fingerprint density at radius 2 is 1.56 bits per heavy atom. The molecule has 90 valence electrons. The number of hydrogen-bond acceptors (Lipinski definition) is 1. The summed E-state index contributed by atoms with van der Waals surface area (Å²) < 4.78 is 0. The summed E-state index contributed by atoms with van der Waals surface area (Å²) in [6, 6.07) is 9.06. The summed E-state index contributed by atoms with van der Waals surface area (Å²) in [6.07, 6.45) is 1.21. The lowest BCUT2D eigenvalue weighted by Crippen LogP contribution is -2.20. The molecule has 0 saturated heterocycles. The highest BCUT2D eigenvalue weighted by Gasteiger charge is 2.05. The van der Waals surface area contributed by atoms with Gasteiger partial charge >= 0.3 is 0 Å². The zero-order valence-corrected chi connectivity index (χ0v) is 11.1. The van der Waals surface area contributed by atoms with E-state index in [0.717, 1.165) is 13.1 Å². The third kappa shape index (κ3) is 3.97. The molecular weight excluding hydrogens is 194 g/mol. The molecule has 0 bridgehead atoms. The minimum absolute atomic E-state index is 0.604. The van der Waals surface area contributed by atoms with Crippen molar-refractivity contribution in [1.82, 2.24) is 5.32 Å². The zero-order chi connectivity index (χ0) is 12.0. The van der Waals surface area contributed by atoms with Gasteiger partial charge in [0.15, 0.2) is 0 Å². The number of benzene rings is 1. The van der Waals surface area contributed by atoms with E-state index in [0.29, 0.717) is 11.8 Å². The van der Waals surface area contributed by atoms with Crippen LogP contribution in [0.25, 0.3) is 0 Å². The van der Waals surface area contributed by atoms with E-state index < -0.39 is 0 Å². The van der Waals surface area contributed by atoms with Crippen molar-refractivity contribution >= 4 is 0 Å². The summed E-state index contributed by atoms with van der Waals surface area (Å²) in [5.74, 6) is 1.23. The smallest absolute Gasteiger partial charge is 0.00174 e. The van der Waals surface area contributed by atoms with E-state index >= 15 is 0 Å². The van der Waals surface area contributed by atoms with Crippen LogP contribution >= 0.6 is 0 Å². The molecule has 1 atom stereocenters. The molecule has 1 N–H and O–H groups in total. The molecule has 0 aliphatic rings. The third-order valence-electron chi connectivity index (χ3n) is 3.05. The minimum atomic E-state index is 0.604. The average Bonchev–Trinajstić information content (AvgIpc) is 2.29. The molecule has 1 rings (SSSR count). The van der Waals surface area contributed by atoms with E-state index in [1.54, 1.807) is 0 Å². The van der Waals surface area contributed by atoms with Gasteiger partial charge in [0.05, 0.1) is 0 Å². The molecule has 0 aliphatic heterocycles. The lowest BCUT2D eigenvalue weighted by molar-refractivity contribution is 0.609. The first kappa shape index (κ1) is 13.2. The molecule has 0 amide bonds. The van der Waals surface area contributed by atoms with Gasteiger partial charge in [-0.25, -0.2) is 0 Å². The number of rotatable bonds is 6. The summed E-state index contributed by atoms with van der Waals surface area (Å²) in [6.45, 7) is 11.2. The second-order valence-electron chi connectivity index (χ2n) is 4.93. The van der Waals surface area contributed by atoms with E-state index in [9.17, 15) is 0 Å². The van der Waals surface area contributed by atoms with Crippen LogP contribution in [0.5, 0.6) is 0 Å². The van der Waals surface area contributed by atoms with Crippen molar-refractivity contribution in [2.75, 3.05) is 13.1 Å². The summed E-state index contributed by atoms with van der Waals surface area (Å²) in [4.78, 5) is 0. The second kappa shape index (κ2) is 6.70. The second-order valence-corrected chi connectivity index (χ2v) is 4.93. The van der Waals surface area contributed by atoms with Crippen LogP contribution in [0.15, 0.2) is 24.3 Å². The molecule has 0 radical (unpaired) electrons. The number of nitrogens with one attached hydrogen (secondary N) is 1. The van der Waals surface area contributed by atoms with Crippen molar-refractivity contribution in [1.29, 1.82) is 0 Å². The molecule has 0 fully saturated rings. The monoisotopic (exact) mass is 219 g/mol. The van der Waals surface area contributed by atoms with Crippen molar-refractivity contribution in [3.05, 3.63) is 35.4 Å². The topological polar surface area (TPSA) is 12.0 Å². The van der Waals surface area contributed by atoms with Gasteiger partial charge in [-0.15, -0.1) is 0 Å². The molecule has 1 heteroatoms. The number of hydrogen-bond donors (Lipinski definition) is 1. The van der Waals surface area contributed by atoms with Gasteiger partial charge in [-0.1, -0.05) is 52.0 Å². The zero-order valence-electron chi connectivity index (χ0n) is 11.1. The van der Waals surface area contributed by atoms with Crippen molar-refractivity contribution in [2.45, 2.75) is 46.0 Å². The van der Waals surface area contributed by atoms with E-state index in [-0.39, 0.29) is 0 Å². The van der Waals surface area contributed by atoms with Crippen molar-refractivity contribution < 1.29 is 0 Å². The minimum Gasteiger partial charge on any atom is -0.316 e. The summed E-state index contributed by atoms with van der Waals surface area (Å²) in [5.41, 5.74) is 2.87. The highest BCUT2D eigenvalue weighted by Crippen LogP contribution is 2.19. The fraction of sp³-hybridized carbons (Fsp3) is 0.600. The van der Waals surface area contributed by atoms with Crippen LogP contribution in [0.3, 0.4) is 0 Å². The van der Waals surface area contributed by atoms with Crippen molar-refractivity contribution in [3.8, 4) is 0 Å². The van der Waals surface area contributed by atoms with Gasteiger partial charge in [-0.05, 0) is 35.9 Å². The lowest BCUT2D eigenvalue weighted by Gasteiger charge is -2.14. The molecule has 0 heterocycles. The molecule has 0 aromatic heterocycles. The van der Waals surface area contributed by atoms with Crippen LogP contribution in [-0.2, 0) is 0 Å². The highest BCUT2D eigenvalue weighted by molar-refractivity contribution is 5.27. The Kier molecular flexibility index (Phi) is 5.54. The van der Waals surface area contributed by atoms with Gasteiger partial charge < -0.3 is 5.32 Å².